The number of hydrogen-bond donors (Lipinski definition) is 1. The third-order valence-electron chi connectivity index (χ3n) is 3.26. The van der Waals surface area contributed by atoms with E-state index in [9.17, 15) is 20.2 Å². The van der Waals surface area contributed by atoms with Crippen molar-refractivity contribution >= 4 is 23.1 Å². The summed E-state index contributed by atoms with van der Waals surface area (Å²) in [5.74, 6) is 0.877. The van der Waals surface area contributed by atoms with Crippen molar-refractivity contribution in [1.29, 1.82) is 0 Å². The third kappa shape index (κ3) is 3.98. The summed E-state index contributed by atoms with van der Waals surface area (Å²) in [6.07, 6.45) is 0. The Balaban J connectivity index is 1.77. The number of aromatic nitrogens is 3. The van der Waals surface area contributed by atoms with Crippen LogP contribution in [0.25, 0.3) is 11.4 Å². The molecular weight excluding hydrogens is 346 g/mol. The molecule has 0 bridgehead atoms. The summed E-state index contributed by atoms with van der Waals surface area (Å²) in [6.45, 7) is 0. The molecule has 0 radical (unpaired) electrons. The van der Waals surface area contributed by atoms with Crippen LogP contribution in [-0.2, 0) is 5.75 Å². The molecule has 0 aliphatic carbocycles. The number of nitrogens with zero attached hydrogens (tertiary/aromatic N) is 4. The van der Waals surface area contributed by atoms with E-state index >= 15 is 0 Å². The molecule has 2 aromatic carbocycles. The number of non-ortho nitro benzene ring substituents is 2. The molecule has 126 valence electrons. The lowest BCUT2D eigenvalue weighted by Gasteiger charge is -2.00. The lowest BCUT2D eigenvalue weighted by Crippen LogP contribution is -1.95. The molecule has 3 aromatic rings. The minimum atomic E-state index is -0.651. The number of rotatable bonds is 6. The molecule has 1 N–H and O–H groups in total. The SMILES string of the molecule is O=[N+]([O-])c1cc(CSc2n[nH]c(-c3ccccc3)n2)cc([N+](=O)[O-])c1. The first-order valence-corrected chi connectivity index (χ1v) is 8.05. The number of aromatic amines is 1. The van der Waals surface area contributed by atoms with E-state index in [-0.39, 0.29) is 17.1 Å². The average molecular weight is 357 g/mol. The van der Waals surface area contributed by atoms with Crippen molar-refractivity contribution in [2.45, 2.75) is 10.9 Å². The predicted octanol–water partition coefficient (Wildman–Crippen LogP) is 3.58. The lowest BCUT2D eigenvalue weighted by molar-refractivity contribution is -0.394. The Labute approximate surface area is 145 Å². The van der Waals surface area contributed by atoms with Gasteiger partial charge in [-0.05, 0) is 5.56 Å². The zero-order chi connectivity index (χ0) is 17.8. The monoisotopic (exact) mass is 357 g/mol. The third-order valence-corrected chi connectivity index (χ3v) is 4.18. The number of nitrogens with one attached hydrogen (secondary N) is 1. The van der Waals surface area contributed by atoms with Gasteiger partial charge in [0.2, 0.25) is 5.16 Å². The van der Waals surface area contributed by atoms with Gasteiger partial charge < -0.3 is 0 Å². The van der Waals surface area contributed by atoms with Gasteiger partial charge in [-0.15, -0.1) is 5.10 Å². The fourth-order valence-electron chi connectivity index (χ4n) is 2.13. The molecule has 1 aromatic heterocycles. The van der Waals surface area contributed by atoms with Gasteiger partial charge in [0, 0.05) is 23.4 Å². The van der Waals surface area contributed by atoms with Crippen molar-refractivity contribution in [2.24, 2.45) is 0 Å². The Morgan fingerprint density at radius 2 is 1.64 bits per heavy atom. The highest BCUT2D eigenvalue weighted by atomic mass is 32.2. The standard InChI is InChI=1S/C15H11N5O4S/c21-19(22)12-6-10(7-13(8-12)20(23)24)9-25-15-16-14(17-18-15)11-4-2-1-3-5-11/h1-8H,9H2,(H,16,17,18). The van der Waals surface area contributed by atoms with Crippen LogP contribution in [-0.4, -0.2) is 25.0 Å². The van der Waals surface area contributed by atoms with E-state index in [4.69, 9.17) is 0 Å². The summed E-state index contributed by atoms with van der Waals surface area (Å²) < 4.78 is 0. The summed E-state index contributed by atoms with van der Waals surface area (Å²) in [5, 5.41) is 29.2. The van der Waals surface area contributed by atoms with E-state index in [1.54, 1.807) is 0 Å². The lowest BCUT2D eigenvalue weighted by atomic mass is 10.2. The van der Waals surface area contributed by atoms with Gasteiger partial charge in [-0.25, -0.2) is 4.98 Å². The van der Waals surface area contributed by atoms with Gasteiger partial charge in [-0.3, -0.25) is 25.3 Å². The van der Waals surface area contributed by atoms with Gasteiger partial charge in [-0.1, -0.05) is 42.1 Å². The molecule has 0 saturated carbocycles. The largest absolute Gasteiger partial charge is 0.276 e. The van der Waals surface area contributed by atoms with E-state index in [1.807, 2.05) is 30.3 Å². The molecule has 25 heavy (non-hydrogen) atoms. The minimum absolute atomic E-state index is 0.272. The fourth-order valence-corrected chi connectivity index (χ4v) is 2.86. The molecule has 0 fully saturated rings. The smallest absolute Gasteiger partial charge is 0.258 e. The van der Waals surface area contributed by atoms with Crippen molar-refractivity contribution in [2.75, 3.05) is 0 Å². The quantitative estimate of drug-likeness (QED) is 0.405. The first-order valence-electron chi connectivity index (χ1n) is 7.06. The fraction of sp³-hybridized carbons (Fsp3) is 0.0667. The van der Waals surface area contributed by atoms with E-state index in [2.05, 4.69) is 15.2 Å². The molecular formula is C15H11N5O4S. The van der Waals surface area contributed by atoms with Crippen molar-refractivity contribution in [3.8, 4) is 11.4 Å². The van der Waals surface area contributed by atoms with E-state index in [0.717, 1.165) is 11.6 Å². The zero-order valence-corrected chi connectivity index (χ0v) is 13.5. The summed E-state index contributed by atoms with van der Waals surface area (Å²) in [4.78, 5) is 24.9. The summed E-state index contributed by atoms with van der Waals surface area (Å²) in [7, 11) is 0. The Morgan fingerprint density at radius 1 is 1.00 bits per heavy atom. The van der Waals surface area contributed by atoms with Crippen LogP contribution < -0.4 is 0 Å². The first-order chi connectivity index (χ1) is 12.0. The van der Waals surface area contributed by atoms with Crippen molar-refractivity contribution in [3.63, 3.8) is 0 Å². The van der Waals surface area contributed by atoms with Crippen molar-refractivity contribution in [3.05, 3.63) is 74.3 Å². The summed E-state index contributed by atoms with van der Waals surface area (Å²) in [6, 6.07) is 13.0. The van der Waals surface area contributed by atoms with Crippen molar-refractivity contribution in [1.82, 2.24) is 15.2 Å². The zero-order valence-electron chi connectivity index (χ0n) is 12.7. The second kappa shape index (κ2) is 7.09. The Morgan fingerprint density at radius 3 is 2.24 bits per heavy atom. The number of nitro groups is 2. The van der Waals surface area contributed by atoms with Gasteiger partial charge in [0.05, 0.1) is 15.9 Å². The van der Waals surface area contributed by atoms with Crippen LogP contribution in [0.1, 0.15) is 5.56 Å². The molecule has 1 heterocycles. The summed E-state index contributed by atoms with van der Waals surface area (Å²) >= 11 is 1.23. The number of nitro benzene ring substituents is 2. The summed E-state index contributed by atoms with van der Waals surface area (Å²) in [5.41, 5.74) is 0.708. The second-order valence-corrected chi connectivity index (χ2v) is 5.94. The maximum atomic E-state index is 10.9. The van der Waals surface area contributed by atoms with Gasteiger partial charge >= 0.3 is 0 Å². The Bertz CT molecular complexity index is 896. The molecule has 0 aliphatic rings. The van der Waals surface area contributed by atoms with Gasteiger partial charge in [-0.2, -0.15) is 0 Å². The topological polar surface area (TPSA) is 128 Å². The highest BCUT2D eigenvalue weighted by Crippen LogP contribution is 2.27. The molecule has 0 saturated heterocycles. The normalized spacial score (nSPS) is 10.6. The van der Waals surface area contributed by atoms with Gasteiger partial charge in [0.1, 0.15) is 0 Å². The predicted molar refractivity (Wildman–Crippen MR) is 91.1 cm³/mol. The first kappa shape index (κ1) is 16.6. The van der Waals surface area contributed by atoms with E-state index in [1.165, 1.54) is 23.9 Å². The number of hydrogen-bond acceptors (Lipinski definition) is 7. The second-order valence-electron chi connectivity index (χ2n) is 4.99. The number of thioether (sulfide) groups is 1. The molecule has 0 amide bonds. The maximum absolute atomic E-state index is 10.9. The van der Waals surface area contributed by atoms with Crippen LogP contribution in [0.5, 0.6) is 0 Å². The van der Waals surface area contributed by atoms with Crippen LogP contribution in [0.3, 0.4) is 0 Å². The van der Waals surface area contributed by atoms with Gasteiger partial charge in [0.25, 0.3) is 11.4 Å². The molecule has 0 aliphatic heterocycles. The maximum Gasteiger partial charge on any atom is 0.276 e. The van der Waals surface area contributed by atoms with Crippen LogP contribution >= 0.6 is 11.8 Å². The van der Waals surface area contributed by atoms with Crippen LogP contribution in [0.2, 0.25) is 0 Å². The van der Waals surface area contributed by atoms with Crippen LogP contribution in [0.15, 0.2) is 53.7 Å². The average Bonchev–Trinajstić information content (AvgIpc) is 3.09. The molecule has 9 nitrogen and oxygen atoms in total. The molecule has 0 unspecified atom stereocenters. The molecule has 3 rings (SSSR count). The minimum Gasteiger partial charge on any atom is -0.258 e. The van der Waals surface area contributed by atoms with E-state index < -0.39 is 9.85 Å². The van der Waals surface area contributed by atoms with E-state index in [0.29, 0.717) is 16.5 Å². The number of benzene rings is 2. The van der Waals surface area contributed by atoms with Crippen molar-refractivity contribution < 1.29 is 9.85 Å². The van der Waals surface area contributed by atoms with Crippen LogP contribution in [0.4, 0.5) is 11.4 Å². The molecule has 0 spiro atoms. The Kier molecular flexibility index (Phi) is 4.70. The molecule has 10 heteroatoms. The highest BCUT2D eigenvalue weighted by Gasteiger charge is 2.17. The van der Waals surface area contributed by atoms with Crippen LogP contribution in [0, 0.1) is 20.2 Å². The molecule has 0 atom stereocenters. The Hall–Kier alpha value is -3.27. The number of H-pyrrole nitrogens is 1. The highest BCUT2D eigenvalue weighted by molar-refractivity contribution is 7.98. The van der Waals surface area contributed by atoms with Gasteiger partial charge in [0.15, 0.2) is 5.82 Å².